The van der Waals surface area contributed by atoms with Crippen LogP contribution in [0, 0.1) is 0 Å². The number of fused-ring (bicyclic) bond motifs is 2. The first-order valence-electron chi connectivity index (χ1n) is 5.80. The number of benzene rings is 1. The molecule has 0 bridgehead atoms. The molecule has 2 nitrogen and oxygen atoms in total. The first kappa shape index (κ1) is 13.6. The molecule has 0 saturated heterocycles. The van der Waals surface area contributed by atoms with Crippen LogP contribution in [-0.4, -0.2) is 11.6 Å². The lowest BCUT2D eigenvalue weighted by molar-refractivity contribution is -0.111. The molecule has 0 heterocycles. The predicted molar refractivity (Wildman–Crippen MR) is 80.0 cm³/mol. The van der Waals surface area contributed by atoms with E-state index in [-0.39, 0.29) is 32.0 Å². The highest BCUT2D eigenvalue weighted by atomic mass is 35.5. The molecule has 0 saturated carbocycles. The molecule has 100 valence electrons. The van der Waals surface area contributed by atoms with Crippen LogP contribution in [0.1, 0.15) is 22.8 Å². The van der Waals surface area contributed by atoms with Crippen LogP contribution >= 0.6 is 34.8 Å². The predicted octanol–water partition coefficient (Wildman–Crippen LogP) is 4.42. The summed E-state index contributed by atoms with van der Waals surface area (Å²) in [6, 6.07) is 6.84. The molecule has 2 aliphatic carbocycles. The van der Waals surface area contributed by atoms with E-state index >= 15 is 0 Å². The lowest BCUT2D eigenvalue weighted by Gasteiger charge is -2.25. The van der Waals surface area contributed by atoms with Crippen LogP contribution in [0.3, 0.4) is 0 Å². The van der Waals surface area contributed by atoms with Gasteiger partial charge in [-0.3, -0.25) is 9.59 Å². The summed E-state index contributed by atoms with van der Waals surface area (Å²) in [6.45, 7) is 1.61. The average molecular weight is 326 g/mol. The minimum absolute atomic E-state index is 0.000851. The summed E-state index contributed by atoms with van der Waals surface area (Å²) in [5.41, 5.74) is 1.60. The molecule has 0 atom stereocenters. The molecule has 3 rings (SSSR count). The largest absolute Gasteiger partial charge is 0.289 e. The van der Waals surface area contributed by atoms with Gasteiger partial charge in [0.05, 0.1) is 26.2 Å². The normalized spacial score (nSPS) is 18.6. The van der Waals surface area contributed by atoms with Crippen molar-refractivity contribution in [3.05, 3.63) is 62.2 Å². The van der Waals surface area contributed by atoms with Crippen molar-refractivity contribution in [2.45, 2.75) is 6.92 Å². The van der Waals surface area contributed by atoms with E-state index in [4.69, 9.17) is 34.8 Å². The second-order valence-corrected chi connectivity index (χ2v) is 5.65. The third kappa shape index (κ3) is 1.65. The molecule has 5 heteroatoms. The van der Waals surface area contributed by atoms with Crippen molar-refractivity contribution >= 4 is 51.4 Å². The Morgan fingerprint density at radius 3 is 1.95 bits per heavy atom. The zero-order valence-corrected chi connectivity index (χ0v) is 12.5. The molecule has 0 amide bonds. The Morgan fingerprint density at radius 1 is 0.750 bits per heavy atom. The van der Waals surface area contributed by atoms with Crippen molar-refractivity contribution in [3.8, 4) is 0 Å². The maximum Gasteiger partial charge on any atom is 0.207 e. The number of allylic oxidation sites excluding steroid dienone is 5. The first-order chi connectivity index (χ1) is 9.45. The van der Waals surface area contributed by atoms with Gasteiger partial charge in [0.2, 0.25) is 5.78 Å². The monoisotopic (exact) mass is 324 g/mol. The highest BCUT2D eigenvalue weighted by Crippen LogP contribution is 2.45. The molecular formula is C15H7Cl3O2. The van der Waals surface area contributed by atoms with Gasteiger partial charge >= 0.3 is 0 Å². The van der Waals surface area contributed by atoms with Gasteiger partial charge in [-0.1, -0.05) is 59.1 Å². The van der Waals surface area contributed by atoms with Crippen LogP contribution in [-0.2, 0) is 4.79 Å². The number of hydrogen-bond donors (Lipinski definition) is 0. The molecule has 0 N–H and O–H groups in total. The van der Waals surface area contributed by atoms with E-state index in [1.54, 1.807) is 31.2 Å². The van der Waals surface area contributed by atoms with Gasteiger partial charge < -0.3 is 0 Å². The smallest absolute Gasteiger partial charge is 0.207 e. The van der Waals surface area contributed by atoms with Gasteiger partial charge in [-0.15, -0.1) is 0 Å². The Kier molecular flexibility index (Phi) is 3.13. The minimum atomic E-state index is -0.462. The van der Waals surface area contributed by atoms with Gasteiger partial charge in [0.1, 0.15) is 0 Å². The van der Waals surface area contributed by atoms with Crippen molar-refractivity contribution < 1.29 is 9.59 Å². The number of halogens is 3. The molecule has 2 aliphatic rings. The third-order valence-electron chi connectivity index (χ3n) is 3.41. The van der Waals surface area contributed by atoms with Crippen LogP contribution in [0.2, 0.25) is 0 Å². The van der Waals surface area contributed by atoms with E-state index in [9.17, 15) is 9.59 Å². The zero-order chi connectivity index (χ0) is 14.6. The highest BCUT2D eigenvalue weighted by Gasteiger charge is 2.39. The molecule has 0 spiro atoms. The van der Waals surface area contributed by atoms with Crippen molar-refractivity contribution in [1.29, 1.82) is 0 Å². The van der Waals surface area contributed by atoms with Gasteiger partial charge in [-0.25, -0.2) is 0 Å². The topological polar surface area (TPSA) is 34.1 Å². The molecule has 0 aromatic heterocycles. The van der Waals surface area contributed by atoms with E-state index in [2.05, 4.69) is 0 Å². The second-order valence-electron chi connectivity index (χ2n) is 4.52. The van der Waals surface area contributed by atoms with Crippen LogP contribution in [0.5, 0.6) is 0 Å². The van der Waals surface area contributed by atoms with E-state index in [1.165, 1.54) is 0 Å². The second kappa shape index (κ2) is 4.59. The van der Waals surface area contributed by atoms with E-state index < -0.39 is 5.78 Å². The fourth-order valence-corrected chi connectivity index (χ4v) is 3.21. The van der Waals surface area contributed by atoms with E-state index in [0.717, 1.165) is 0 Å². The molecule has 1 aromatic carbocycles. The quantitative estimate of drug-likeness (QED) is 0.707. The SMILES string of the molecule is CC1=C(Cl)C(=O)C2=C(Cl)c3ccccc3C(=O)C2=C1Cl. The molecule has 20 heavy (non-hydrogen) atoms. The zero-order valence-electron chi connectivity index (χ0n) is 10.3. The van der Waals surface area contributed by atoms with Gasteiger partial charge in [0, 0.05) is 11.1 Å². The van der Waals surface area contributed by atoms with Crippen molar-refractivity contribution in [1.82, 2.24) is 0 Å². The minimum Gasteiger partial charge on any atom is -0.289 e. The lowest BCUT2D eigenvalue weighted by atomic mass is 9.81. The third-order valence-corrected chi connectivity index (χ3v) is 4.73. The van der Waals surface area contributed by atoms with Gasteiger partial charge in [0.25, 0.3) is 0 Å². The Morgan fingerprint density at radius 2 is 1.30 bits per heavy atom. The summed E-state index contributed by atoms with van der Waals surface area (Å²) in [4.78, 5) is 24.9. The van der Waals surface area contributed by atoms with Crippen LogP contribution < -0.4 is 0 Å². The number of carbonyl (C=O) groups is 2. The highest BCUT2D eigenvalue weighted by molar-refractivity contribution is 6.59. The molecule has 0 aliphatic heterocycles. The molecule has 0 radical (unpaired) electrons. The fraction of sp³-hybridized carbons (Fsp3) is 0.0667. The van der Waals surface area contributed by atoms with Crippen molar-refractivity contribution in [3.63, 3.8) is 0 Å². The van der Waals surface area contributed by atoms with Gasteiger partial charge in [-0.2, -0.15) is 0 Å². The van der Waals surface area contributed by atoms with Gasteiger partial charge in [-0.05, 0) is 12.5 Å². The maximum absolute atomic E-state index is 12.6. The number of Topliss-reactive ketones (excluding diaryl/α,β-unsaturated/α-hetero) is 2. The Balaban J connectivity index is 2.44. The summed E-state index contributed by atoms with van der Waals surface area (Å²) in [6.07, 6.45) is 0. The summed E-state index contributed by atoms with van der Waals surface area (Å²) in [5, 5.41) is 0.394. The van der Waals surface area contributed by atoms with Gasteiger partial charge in [0.15, 0.2) is 5.78 Å². The first-order valence-corrected chi connectivity index (χ1v) is 6.94. The van der Waals surface area contributed by atoms with Crippen molar-refractivity contribution in [2.24, 2.45) is 0 Å². The van der Waals surface area contributed by atoms with E-state index in [1.807, 2.05) is 0 Å². The van der Waals surface area contributed by atoms with Crippen LogP contribution in [0.25, 0.3) is 5.03 Å². The number of rotatable bonds is 0. The number of ketones is 2. The summed E-state index contributed by atoms with van der Waals surface area (Å²) < 4.78 is 0. The summed E-state index contributed by atoms with van der Waals surface area (Å²) in [5.74, 6) is -0.765. The van der Waals surface area contributed by atoms with Crippen molar-refractivity contribution in [2.75, 3.05) is 0 Å². The Hall–Kier alpha value is -1.35. The number of hydrogen-bond acceptors (Lipinski definition) is 2. The van der Waals surface area contributed by atoms with Crippen LogP contribution in [0.4, 0.5) is 0 Å². The molecule has 1 aromatic rings. The standard InChI is InChI=1S/C15H7Cl3O2/c1-6-11(16)9-10(15(20)12(6)17)13(18)7-4-2-3-5-8(7)14(9)19/h2-5H,1H3. The molecule has 0 fully saturated rings. The maximum atomic E-state index is 12.6. The average Bonchev–Trinajstić information content (AvgIpc) is 2.46. The van der Waals surface area contributed by atoms with E-state index in [0.29, 0.717) is 16.7 Å². The Bertz CT molecular complexity index is 782. The fourth-order valence-electron chi connectivity index (χ4n) is 2.35. The lowest BCUT2D eigenvalue weighted by Crippen LogP contribution is -2.24. The number of carbonyl (C=O) groups excluding carboxylic acids is 2. The molecule has 0 unspecified atom stereocenters. The summed E-state index contributed by atoms with van der Waals surface area (Å²) >= 11 is 18.5. The summed E-state index contributed by atoms with van der Waals surface area (Å²) in [7, 11) is 0. The Labute approximate surface area is 130 Å². The molecular weight excluding hydrogens is 319 g/mol. The van der Waals surface area contributed by atoms with Crippen LogP contribution in [0.15, 0.2) is 51.0 Å².